The predicted octanol–water partition coefficient (Wildman–Crippen LogP) is -0.182. The van der Waals surface area contributed by atoms with E-state index in [1.54, 1.807) is 0 Å². The first-order valence-electron chi connectivity index (χ1n) is 11.2. The maximum Gasteiger partial charge on any atom is 0.0955 e. The maximum absolute atomic E-state index is 4.89. The summed E-state index contributed by atoms with van der Waals surface area (Å²) in [4.78, 5) is 4.89. The molecule has 3 rings (SSSR count). The van der Waals surface area contributed by atoms with Gasteiger partial charge in [-0.1, -0.05) is 72.5 Å². The van der Waals surface area contributed by atoms with E-state index >= 15 is 0 Å². The Balaban J connectivity index is 2.27. The van der Waals surface area contributed by atoms with Crippen molar-refractivity contribution in [3.8, 4) is 11.3 Å². The molecule has 0 aliphatic carbocycles. The number of aromatic nitrogens is 1. The fourth-order valence-electron chi connectivity index (χ4n) is 4.34. The molecule has 0 saturated carbocycles. The molecule has 0 radical (unpaired) electrons. The van der Waals surface area contributed by atoms with Crippen LogP contribution < -0.4 is 0 Å². The minimum absolute atomic E-state index is 0.0879. The predicted molar refractivity (Wildman–Crippen MR) is 150 cm³/mol. The Morgan fingerprint density at radius 1 is 0.833 bits per heavy atom. The molecule has 3 aromatic rings. The maximum atomic E-state index is 4.89. The molecule has 0 N–H and O–H groups in total. The lowest BCUT2D eigenvalue weighted by Gasteiger charge is -2.29. The van der Waals surface area contributed by atoms with Gasteiger partial charge in [0.25, 0.3) is 0 Å². The van der Waals surface area contributed by atoms with E-state index in [0.717, 1.165) is 12.1 Å². The molecule has 7 heteroatoms. The van der Waals surface area contributed by atoms with Gasteiger partial charge in [0.2, 0.25) is 0 Å². The third-order valence-electron chi connectivity index (χ3n) is 5.90. The van der Waals surface area contributed by atoms with Gasteiger partial charge in [0, 0.05) is 17.1 Å². The van der Waals surface area contributed by atoms with Crippen molar-refractivity contribution in [2.45, 2.75) is 44.3 Å². The highest BCUT2D eigenvalue weighted by atomic mass is 14.7. The fourth-order valence-corrected chi connectivity index (χ4v) is 4.34. The second-order valence-corrected chi connectivity index (χ2v) is 12.1. The number of rotatable bonds is 4. The van der Waals surface area contributed by atoms with Crippen LogP contribution in [0.15, 0.2) is 42.6 Å². The quantitative estimate of drug-likeness (QED) is 0.565. The molecule has 1 nitrogen and oxygen atoms in total. The highest BCUT2D eigenvalue weighted by molar-refractivity contribution is 6.60. The monoisotopic (exact) mass is 389 g/mol. The molecule has 0 amide bonds. The van der Waals surface area contributed by atoms with Crippen molar-refractivity contribution < 1.29 is 0 Å². The van der Waals surface area contributed by atoms with Gasteiger partial charge in [-0.2, -0.15) is 0 Å². The largest absolute Gasteiger partial charge is 0.256 e. The molecule has 0 bridgehead atoms. The van der Waals surface area contributed by atoms with Crippen LogP contribution in [0.3, 0.4) is 0 Å². The minimum atomic E-state index is 0.0879. The Kier molecular flexibility index (Phi) is 5.91. The van der Waals surface area contributed by atoms with Crippen LogP contribution in [0.1, 0.15) is 43.0 Å². The molecule has 2 aromatic carbocycles. The van der Waals surface area contributed by atoms with Crippen LogP contribution >= 0.6 is 0 Å². The van der Waals surface area contributed by atoms with Crippen molar-refractivity contribution >= 4 is 57.9 Å². The number of pyridine rings is 1. The molecular formula is C23H33B6N. The Labute approximate surface area is 188 Å². The van der Waals surface area contributed by atoms with Crippen molar-refractivity contribution in [1.82, 2.24) is 4.98 Å². The number of nitrogens with zero attached hydrogens (tertiary/aromatic N) is 1. The van der Waals surface area contributed by atoms with Gasteiger partial charge in [0.1, 0.15) is 0 Å². The number of hydrogen-bond donors (Lipinski definition) is 0. The molecular weight excluding hydrogens is 355 g/mol. The Bertz CT molecular complexity index is 1090. The number of fused-ring (bicyclic) bond motifs is 1. The molecule has 30 heavy (non-hydrogen) atoms. The average Bonchev–Trinajstić information content (AvgIpc) is 2.58. The molecule has 0 aliphatic heterocycles. The van der Waals surface area contributed by atoms with E-state index in [-0.39, 0.29) is 15.6 Å². The van der Waals surface area contributed by atoms with Crippen LogP contribution in [0, 0.1) is 12.3 Å². The van der Waals surface area contributed by atoms with E-state index in [2.05, 4.69) is 111 Å². The summed E-state index contributed by atoms with van der Waals surface area (Å²) < 4.78 is 0. The second kappa shape index (κ2) is 7.74. The third-order valence-corrected chi connectivity index (χ3v) is 5.90. The van der Waals surface area contributed by atoms with Crippen molar-refractivity contribution in [1.29, 1.82) is 0 Å². The first-order valence-corrected chi connectivity index (χ1v) is 11.2. The van der Waals surface area contributed by atoms with Gasteiger partial charge in [0.05, 0.1) is 52.8 Å². The van der Waals surface area contributed by atoms with Gasteiger partial charge in [-0.25, -0.2) is 0 Å². The van der Waals surface area contributed by atoms with Crippen LogP contribution in [-0.2, 0) is 16.6 Å². The zero-order valence-corrected chi connectivity index (χ0v) is 20.7. The van der Waals surface area contributed by atoms with Gasteiger partial charge >= 0.3 is 0 Å². The van der Waals surface area contributed by atoms with Crippen molar-refractivity contribution in [2.75, 3.05) is 0 Å². The fraction of sp³-hybridized carbons (Fsp3) is 0.348. The number of benzene rings is 2. The smallest absolute Gasteiger partial charge is 0.0955 e. The van der Waals surface area contributed by atoms with E-state index in [1.807, 2.05) is 6.20 Å². The summed E-state index contributed by atoms with van der Waals surface area (Å²) in [5, 5.41) is 2.70. The molecule has 0 fully saturated rings. The lowest BCUT2D eigenvalue weighted by atomic mass is 9.37. The highest BCUT2D eigenvalue weighted by Gasteiger charge is 2.24. The van der Waals surface area contributed by atoms with Crippen LogP contribution in [0.5, 0.6) is 0 Å². The summed E-state index contributed by atoms with van der Waals surface area (Å²) in [6, 6.07) is 13.8. The Hall–Kier alpha value is -1.76. The third kappa shape index (κ3) is 4.93. The normalized spacial score (nSPS) is 12.9. The lowest BCUT2D eigenvalue weighted by Crippen LogP contribution is -2.32. The van der Waals surface area contributed by atoms with E-state index in [4.69, 9.17) is 4.98 Å². The summed E-state index contributed by atoms with van der Waals surface area (Å²) in [5.41, 5.74) is 8.16. The van der Waals surface area contributed by atoms with Gasteiger partial charge in [-0.15, -0.1) is 0 Å². The van der Waals surface area contributed by atoms with E-state index in [1.165, 1.54) is 38.6 Å². The molecule has 0 unspecified atom stereocenters. The lowest BCUT2D eigenvalue weighted by molar-refractivity contribution is 0.411. The molecule has 0 spiro atoms. The van der Waals surface area contributed by atoms with Gasteiger partial charge < -0.3 is 0 Å². The van der Waals surface area contributed by atoms with Crippen molar-refractivity contribution in [3.05, 3.63) is 64.8 Å². The van der Waals surface area contributed by atoms with Crippen molar-refractivity contribution in [2.24, 2.45) is 5.41 Å². The van der Waals surface area contributed by atoms with Gasteiger partial charge in [-0.05, 0) is 41.3 Å². The van der Waals surface area contributed by atoms with Crippen LogP contribution in [0.2, 0.25) is 0 Å². The standard InChI is InChI=1S/C23H33B6N/c1-13-18(10-16(22(24,25)26)11-19(13)23(27,28)29)20-17-6-5-14(12-21(2,3)4)9-15(17)7-8-30-20/h5-11H,12,24-29H2,1-4H3. The highest BCUT2D eigenvalue weighted by Crippen LogP contribution is 2.36. The summed E-state index contributed by atoms with van der Waals surface area (Å²) in [7, 11) is 13.8. The first-order chi connectivity index (χ1) is 13.7. The first kappa shape index (κ1) is 22.9. The summed E-state index contributed by atoms with van der Waals surface area (Å²) >= 11 is 0. The molecule has 0 saturated heterocycles. The topological polar surface area (TPSA) is 12.9 Å². The zero-order valence-electron chi connectivity index (χ0n) is 20.7. The van der Waals surface area contributed by atoms with Crippen LogP contribution in [-0.4, -0.2) is 52.1 Å². The zero-order chi connectivity index (χ0) is 22.5. The average molecular weight is 388 g/mol. The molecule has 0 aliphatic rings. The summed E-state index contributed by atoms with van der Waals surface area (Å²) in [5.74, 6) is 0. The minimum Gasteiger partial charge on any atom is -0.256 e. The van der Waals surface area contributed by atoms with Crippen molar-refractivity contribution in [3.63, 3.8) is 0 Å². The Morgan fingerprint density at radius 2 is 1.50 bits per heavy atom. The van der Waals surface area contributed by atoms with Gasteiger partial charge in [-0.3, -0.25) is 4.98 Å². The molecule has 148 valence electrons. The van der Waals surface area contributed by atoms with Crippen LogP contribution in [0.25, 0.3) is 22.0 Å². The van der Waals surface area contributed by atoms with E-state index in [0.29, 0.717) is 0 Å². The molecule has 0 atom stereocenters. The number of hydrogen-bond acceptors (Lipinski definition) is 1. The second-order valence-electron chi connectivity index (χ2n) is 12.1. The molecule has 1 aromatic heterocycles. The van der Waals surface area contributed by atoms with E-state index < -0.39 is 0 Å². The molecule has 1 heterocycles. The van der Waals surface area contributed by atoms with E-state index in [9.17, 15) is 0 Å². The SMILES string of the molecule is BC(B)(B)c1cc(-c2nccc3cc(CC(C)(C)C)ccc23)c(C)c(C(B)(B)B)c1. The summed E-state index contributed by atoms with van der Waals surface area (Å²) in [6.07, 6.45) is 3.05. The van der Waals surface area contributed by atoms with Gasteiger partial charge in [0.15, 0.2) is 0 Å². The van der Waals surface area contributed by atoms with Crippen LogP contribution in [0.4, 0.5) is 0 Å². The summed E-state index contributed by atoms with van der Waals surface area (Å²) in [6.45, 7) is 9.15. The Morgan fingerprint density at radius 3 is 2.07 bits per heavy atom.